The molecule has 2 aliphatic heterocycles. The number of hydrogen-bond acceptors (Lipinski definition) is 4. The molecule has 0 bridgehead atoms. The zero-order valence-corrected chi connectivity index (χ0v) is 16.0. The van der Waals surface area contributed by atoms with Gasteiger partial charge in [0.15, 0.2) is 0 Å². The fourth-order valence-corrected chi connectivity index (χ4v) is 3.89. The Morgan fingerprint density at radius 3 is 2.46 bits per heavy atom. The first-order chi connectivity index (χ1) is 12.4. The van der Waals surface area contributed by atoms with E-state index in [0.29, 0.717) is 19.1 Å². The lowest BCUT2D eigenvalue weighted by Gasteiger charge is -2.31. The van der Waals surface area contributed by atoms with Crippen molar-refractivity contribution >= 4 is 11.9 Å². The average Bonchev–Trinajstić information content (AvgIpc) is 2.79. The van der Waals surface area contributed by atoms with Gasteiger partial charge < -0.3 is 10.1 Å². The molecule has 0 saturated carbocycles. The molecule has 2 saturated heterocycles. The summed E-state index contributed by atoms with van der Waals surface area (Å²) >= 11 is 0. The summed E-state index contributed by atoms with van der Waals surface area (Å²) in [6.07, 6.45) is 4.67. The lowest BCUT2D eigenvalue weighted by molar-refractivity contribution is -0.130. The molecule has 1 atom stereocenters. The molecule has 0 radical (unpaired) electrons. The monoisotopic (exact) mass is 359 g/mol. The Kier molecular flexibility index (Phi) is 5.51. The summed E-state index contributed by atoms with van der Waals surface area (Å²) < 4.78 is 5.26. The number of imide groups is 1. The summed E-state index contributed by atoms with van der Waals surface area (Å²) in [6.45, 7) is 5.62. The maximum atomic E-state index is 12.4. The topological polar surface area (TPSA) is 61.9 Å². The molecule has 3 rings (SSSR count). The maximum absolute atomic E-state index is 12.4. The van der Waals surface area contributed by atoms with Crippen LogP contribution in [-0.4, -0.2) is 54.0 Å². The number of urea groups is 1. The average molecular weight is 359 g/mol. The van der Waals surface area contributed by atoms with Crippen molar-refractivity contribution in [3.8, 4) is 5.75 Å². The van der Waals surface area contributed by atoms with E-state index in [4.69, 9.17) is 4.74 Å². The third-order valence-corrected chi connectivity index (χ3v) is 5.42. The predicted molar refractivity (Wildman–Crippen MR) is 100 cm³/mol. The first-order valence-corrected chi connectivity index (χ1v) is 9.44. The number of carbonyl (C=O) groups excluding carboxylic acids is 2. The molecule has 0 aliphatic carbocycles. The fraction of sp³-hybridized carbons (Fsp3) is 0.600. The molecular weight excluding hydrogens is 330 g/mol. The van der Waals surface area contributed by atoms with Crippen molar-refractivity contribution in [2.45, 2.75) is 51.1 Å². The first-order valence-electron chi connectivity index (χ1n) is 9.44. The zero-order chi connectivity index (χ0) is 18.7. The Morgan fingerprint density at radius 2 is 1.85 bits per heavy atom. The van der Waals surface area contributed by atoms with Crippen molar-refractivity contribution in [3.05, 3.63) is 29.8 Å². The summed E-state index contributed by atoms with van der Waals surface area (Å²) in [7, 11) is 1.67. The number of nitrogens with zero attached hydrogens (tertiary/aromatic N) is 2. The van der Waals surface area contributed by atoms with E-state index in [0.717, 1.165) is 25.1 Å². The molecule has 2 fully saturated rings. The number of ether oxygens (including phenoxy) is 1. The minimum atomic E-state index is -0.800. The second kappa shape index (κ2) is 7.66. The third kappa shape index (κ3) is 3.85. The van der Waals surface area contributed by atoms with Gasteiger partial charge in [-0.1, -0.05) is 25.0 Å². The molecule has 3 amide bonds. The molecule has 6 nitrogen and oxygen atoms in total. The molecule has 6 heteroatoms. The van der Waals surface area contributed by atoms with E-state index in [2.05, 4.69) is 22.3 Å². The van der Waals surface area contributed by atoms with Gasteiger partial charge in [-0.05, 0) is 50.9 Å². The van der Waals surface area contributed by atoms with Crippen molar-refractivity contribution in [2.24, 2.45) is 0 Å². The lowest BCUT2D eigenvalue weighted by Crippen LogP contribution is -2.42. The summed E-state index contributed by atoms with van der Waals surface area (Å²) in [5, 5.41) is 2.75. The predicted octanol–water partition coefficient (Wildman–Crippen LogP) is 2.94. The van der Waals surface area contributed by atoms with Gasteiger partial charge in [0, 0.05) is 19.1 Å². The number of carbonyl (C=O) groups is 2. The fourth-order valence-electron chi connectivity index (χ4n) is 3.89. The molecule has 2 heterocycles. The Morgan fingerprint density at radius 1 is 1.12 bits per heavy atom. The third-order valence-electron chi connectivity index (χ3n) is 5.42. The standard InChI is InChI=1S/C20H29N3O3/c1-20(2)18(24)23(19(25)21-20)14-13-22-12-6-4-5-7-17(22)15-8-10-16(26-3)11-9-15/h8-11,17H,4-7,12-14H2,1-3H3,(H,21,25). The SMILES string of the molecule is COc1ccc(C2CCCCCN2CCN2C(=O)NC(C)(C)C2=O)cc1. The number of rotatable bonds is 5. The van der Waals surface area contributed by atoms with Gasteiger partial charge in [0.25, 0.3) is 5.91 Å². The summed E-state index contributed by atoms with van der Waals surface area (Å²) in [6, 6.07) is 8.28. The minimum Gasteiger partial charge on any atom is -0.497 e. The van der Waals surface area contributed by atoms with E-state index in [-0.39, 0.29) is 11.9 Å². The summed E-state index contributed by atoms with van der Waals surface area (Å²) in [5.41, 5.74) is 0.468. The van der Waals surface area contributed by atoms with Crippen molar-refractivity contribution in [3.63, 3.8) is 0 Å². The highest BCUT2D eigenvalue weighted by molar-refractivity contribution is 6.06. The Labute approximate surface area is 155 Å². The van der Waals surface area contributed by atoms with Gasteiger partial charge in [-0.3, -0.25) is 14.6 Å². The molecular formula is C20H29N3O3. The number of hydrogen-bond donors (Lipinski definition) is 1. The van der Waals surface area contributed by atoms with E-state index in [1.807, 2.05) is 12.1 Å². The van der Waals surface area contributed by atoms with Crippen LogP contribution in [0, 0.1) is 0 Å². The number of likely N-dealkylation sites (tertiary alicyclic amines) is 1. The molecule has 1 aromatic rings. The largest absolute Gasteiger partial charge is 0.497 e. The molecule has 0 aromatic heterocycles. The molecule has 1 aromatic carbocycles. The van der Waals surface area contributed by atoms with Crippen LogP contribution in [-0.2, 0) is 4.79 Å². The minimum absolute atomic E-state index is 0.140. The van der Waals surface area contributed by atoms with Crippen molar-refractivity contribution in [2.75, 3.05) is 26.7 Å². The quantitative estimate of drug-likeness (QED) is 0.821. The number of amides is 3. The van der Waals surface area contributed by atoms with Crippen LogP contribution in [0.25, 0.3) is 0 Å². The first kappa shape index (κ1) is 18.7. The van der Waals surface area contributed by atoms with Crippen molar-refractivity contribution < 1.29 is 14.3 Å². The molecule has 142 valence electrons. The Bertz CT molecular complexity index is 657. The molecule has 2 aliphatic rings. The van der Waals surface area contributed by atoms with Gasteiger partial charge in [0.1, 0.15) is 11.3 Å². The van der Waals surface area contributed by atoms with Gasteiger partial charge in [0.05, 0.1) is 7.11 Å². The smallest absolute Gasteiger partial charge is 0.325 e. The molecule has 1 unspecified atom stereocenters. The second-order valence-corrected chi connectivity index (χ2v) is 7.69. The van der Waals surface area contributed by atoms with Gasteiger partial charge in [-0.15, -0.1) is 0 Å². The molecule has 0 spiro atoms. The summed E-state index contributed by atoms with van der Waals surface area (Å²) in [4.78, 5) is 28.3. The van der Waals surface area contributed by atoms with Crippen LogP contribution in [0.15, 0.2) is 24.3 Å². The number of methoxy groups -OCH3 is 1. The van der Waals surface area contributed by atoms with Crippen LogP contribution in [0.4, 0.5) is 4.79 Å². The van der Waals surface area contributed by atoms with E-state index in [1.54, 1.807) is 21.0 Å². The van der Waals surface area contributed by atoms with E-state index >= 15 is 0 Å². The van der Waals surface area contributed by atoms with Crippen LogP contribution in [0.5, 0.6) is 5.75 Å². The van der Waals surface area contributed by atoms with Gasteiger partial charge in [-0.2, -0.15) is 0 Å². The van der Waals surface area contributed by atoms with E-state index < -0.39 is 5.54 Å². The second-order valence-electron chi connectivity index (χ2n) is 7.69. The molecule has 1 N–H and O–H groups in total. The van der Waals surface area contributed by atoms with Gasteiger partial charge in [0.2, 0.25) is 0 Å². The molecule has 26 heavy (non-hydrogen) atoms. The van der Waals surface area contributed by atoms with Crippen LogP contribution in [0.3, 0.4) is 0 Å². The summed E-state index contributed by atoms with van der Waals surface area (Å²) in [5.74, 6) is 0.716. The Balaban J connectivity index is 1.71. The highest BCUT2D eigenvalue weighted by atomic mass is 16.5. The van der Waals surface area contributed by atoms with Crippen LogP contribution < -0.4 is 10.1 Å². The van der Waals surface area contributed by atoms with Crippen molar-refractivity contribution in [1.82, 2.24) is 15.1 Å². The van der Waals surface area contributed by atoms with Crippen LogP contribution in [0.2, 0.25) is 0 Å². The number of nitrogens with one attached hydrogen (secondary N) is 1. The highest BCUT2D eigenvalue weighted by Crippen LogP contribution is 2.31. The zero-order valence-electron chi connectivity index (χ0n) is 16.0. The van der Waals surface area contributed by atoms with E-state index in [9.17, 15) is 9.59 Å². The van der Waals surface area contributed by atoms with Crippen LogP contribution in [0.1, 0.15) is 51.1 Å². The Hall–Kier alpha value is -2.08. The normalized spacial score (nSPS) is 23.7. The van der Waals surface area contributed by atoms with Gasteiger partial charge in [-0.25, -0.2) is 4.79 Å². The van der Waals surface area contributed by atoms with Crippen LogP contribution >= 0.6 is 0 Å². The lowest BCUT2D eigenvalue weighted by atomic mass is 10.0. The van der Waals surface area contributed by atoms with E-state index in [1.165, 1.54) is 23.3 Å². The van der Waals surface area contributed by atoms with Crippen molar-refractivity contribution in [1.29, 1.82) is 0 Å². The van der Waals surface area contributed by atoms with Gasteiger partial charge >= 0.3 is 6.03 Å². The number of benzene rings is 1. The maximum Gasteiger partial charge on any atom is 0.325 e. The highest BCUT2D eigenvalue weighted by Gasteiger charge is 2.44.